The Balaban J connectivity index is 1.93. The first kappa shape index (κ1) is 10.2. The average Bonchev–Trinajstić information content (AvgIpc) is 2.82. The number of carbonyl (C=O) groups is 1. The summed E-state index contributed by atoms with van der Waals surface area (Å²) < 4.78 is 0. The lowest BCUT2D eigenvalue weighted by atomic mass is 9.94. The van der Waals surface area contributed by atoms with Gasteiger partial charge in [0.25, 0.3) is 5.91 Å². The largest absolute Gasteiger partial charge is 0.339 e. The second kappa shape index (κ2) is 4.47. The predicted octanol–water partition coefficient (Wildman–Crippen LogP) is 1.67. The van der Waals surface area contributed by atoms with Crippen molar-refractivity contribution in [1.29, 1.82) is 0 Å². The van der Waals surface area contributed by atoms with Crippen molar-refractivity contribution in [2.45, 2.75) is 26.2 Å². The van der Waals surface area contributed by atoms with Gasteiger partial charge in [0, 0.05) is 19.3 Å². The molecule has 2 heterocycles. The Kier molecular flexibility index (Phi) is 3.04. The van der Waals surface area contributed by atoms with Gasteiger partial charge in [-0.1, -0.05) is 13.3 Å². The van der Waals surface area contributed by atoms with Crippen LogP contribution in [0.5, 0.6) is 0 Å². The standard InChI is InChI=1S/C11H17N3O/c1-2-9-3-5-14(6-4-9)11(15)10-7-12-13-8-10/h7-9H,2-6H2,1H3,(H,12,13). The zero-order chi connectivity index (χ0) is 10.7. The molecule has 0 bridgehead atoms. The molecule has 1 N–H and O–H groups in total. The molecule has 1 aliphatic heterocycles. The van der Waals surface area contributed by atoms with E-state index in [1.54, 1.807) is 12.4 Å². The van der Waals surface area contributed by atoms with Gasteiger partial charge in [-0.2, -0.15) is 5.10 Å². The molecule has 0 unspecified atom stereocenters. The van der Waals surface area contributed by atoms with Crippen LogP contribution in [-0.4, -0.2) is 34.1 Å². The quantitative estimate of drug-likeness (QED) is 0.802. The molecule has 0 atom stereocenters. The van der Waals surface area contributed by atoms with Gasteiger partial charge in [0.2, 0.25) is 0 Å². The second-order valence-corrected chi connectivity index (χ2v) is 4.13. The average molecular weight is 207 g/mol. The fraction of sp³-hybridized carbons (Fsp3) is 0.636. The number of piperidine rings is 1. The van der Waals surface area contributed by atoms with E-state index in [2.05, 4.69) is 17.1 Å². The van der Waals surface area contributed by atoms with E-state index >= 15 is 0 Å². The Morgan fingerprint density at radius 3 is 2.87 bits per heavy atom. The van der Waals surface area contributed by atoms with Crippen LogP contribution in [-0.2, 0) is 0 Å². The zero-order valence-corrected chi connectivity index (χ0v) is 9.07. The summed E-state index contributed by atoms with van der Waals surface area (Å²) in [6, 6.07) is 0. The highest BCUT2D eigenvalue weighted by Crippen LogP contribution is 2.20. The van der Waals surface area contributed by atoms with Crippen molar-refractivity contribution in [1.82, 2.24) is 15.1 Å². The molecule has 4 heteroatoms. The van der Waals surface area contributed by atoms with Gasteiger partial charge in [-0.25, -0.2) is 0 Å². The van der Waals surface area contributed by atoms with E-state index in [1.807, 2.05) is 4.90 Å². The molecule has 1 aromatic heterocycles. The normalized spacial score (nSPS) is 18.1. The van der Waals surface area contributed by atoms with E-state index in [-0.39, 0.29) is 5.91 Å². The molecule has 0 spiro atoms. The number of likely N-dealkylation sites (tertiary alicyclic amines) is 1. The molecule has 1 aliphatic rings. The monoisotopic (exact) mass is 207 g/mol. The van der Waals surface area contributed by atoms with Crippen LogP contribution in [0.15, 0.2) is 12.4 Å². The number of nitrogens with one attached hydrogen (secondary N) is 1. The molecular formula is C11H17N3O. The topological polar surface area (TPSA) is 49.0 Å². The Bertz CT molecular complexity index is 313. The molecule has 0 saturated carbocycles. The molecule has 0 aromatic carbocycles. The number of H-pyrrole nitrogens is 1. The van der Waals surface area contributed by atoms with Crippen molar-refractivity contribution < 1.29 is 4.79 Å². The number of aromatic amines is 1. The molecular weight excluding hydrogens is 190 g/mol. The van der Waals surface area contributed by atoms with E-state index in [9.17, 15) is 4.79 Å². The zero-order valence-electron chi connectivity index (χ0n) is 9.07. The first-order valence-corrected chi connectivity index (χ1v) is 5.59. The minimum Gasteiger partial charge on any atom is -0.339 e. The second-order valence-electron chi connectivity index (χ2n) is 4.13. The lowest BCUT2D eigenvalue weighted by Crippen LogP contribution is -2.38. The Hall–Kier alpha value is -1.32. The summed E-state index contributed by atoms with van der Waals surface area (Å²) in [6.45, 7) is 4.00. The van der Waals surface area contributed by atoms with Crippen LogP contribution in [0.3, 0.4) is 0 Å². The summed E-state index contributed by atoms with van der Waals surface area (Å²) >= 11 is 0. The number of nitrogens with zero attached hydrogens (tertiary/aromatic N) is 2. The number of aromatic nitrogens is 2. The third kappa shape index (κ3) is 2.19. The Morgan fingerprint density at radius 1 is 1.60 bits per heavy atom. The predicted molar refractivity (Wildman–Crippen MR) is 57.5 cm³/mol. The molecule has 1 amide bonds. The fourth-order valence-corrected chi connectivity index (χ4v) is 2.09. The molecule has 4 nitrogen and oxygen atoms in total. The molecule has 1 fully saturated rings. The van der Waals surface area contributed by atoms with Gasteiger partial charge < -0.3 is 4.90 Å². The van der Waals surface area contributed by atoms with E-state index in [4.69, 9.17) is 0 Å². The maximum absolute atomic E-state index is 11.9. The molecule has 2 rings (SSSR count). The van der Waals surface area contributed by atoms with Crippen LogP contribution in [0.1, 0.15) is 36.5 Å². The molecule has 0 aliphatic carbocycles. The van der Waals surface area contributed by atoms with E-state index in [0.717, 1.165) is 31.8 Å². The van der Waals surface area contributed by atoms with E-state index in [0.29, 0.717) is 5.56 Å². The van der Waals surface area contributed by atoms with Gasteiger partial charge in [-0.3, -0.25) is 9.89 Å². The van der Waals surface area contributed by atoms with Crippen molar-refractivity contribution in [3.8, 4) is 0 Å². The van der Waals surface area contributed by atoms with Gasteiger partial charge in [-0.05, 0) is 18.8 Å². The number of hydrogen-bond acceptors (Lipinski definition) is 2. The Morgan fingerprint density at radius 2 is 2.33 bits per heavy atom. The van der Waals surface area contributed by atoms with Crippen molar-refractivity contribution in [2.24, 2.45) is 5.92 Å². The van der Waals surface area contributed by atoms with Gasteiger partial charge in [-0.15, -0.1) is 0 Å². The molecule has 82 valence electrons. The number of hydrogen-bond donors (Lipinski definition) is 1. The first-order chi connectivity index (χ1) is 7.31. The smallest absolute Gasteiger partial charge is 0.257 e. The van der Waals surface area contributed by atoms with Crippen molar-refractivity contribution in [3.63, 3.8) is 0 Å². The highest BCUT2D eigenvalue weighted by atomic mass is 16.2. The van der Waals surface area contributed by atoms with E-state index in [1.165, 1.54) is 6.42 Å². The lowest BCUT2D eigenvalue weighted by molar-refractivity contribution is 0.0689. The minimum atomic E-state index is 0.110. The van der Waals surface area contributed by atoms with Crippen LogP contribution in [0.2, 0.25) is 0 Å². The van der Waals surface area contributed by atoms with Crippen molar-refractivity contribution >= 4 is 5.91 Å². The van der Waals surface area contributed by atoms with Crippen molar-refractivity contribution in [3.05, 3.63) is 18.0 Å². The van der Waals surface area contributed by atoms with E-state index < -0.39 is 0 Å². The molecule has 1 aromatic rings. The van der Waals surface area contributed by atoms with Crippen LogP contribution < -0.4 is 0 Å². The van der Waals surface area contributed by atoms with Gasteiger partial charge in [0.05, 0.1) is 11.8 Å². The maximum atomic E-state index is 11.9. The van der Waals surface area contributed by atoms with Crippen LogP contribution in [0.4, 0.5) is 0 Å². The summed E-state index contributed by atoms with van der Waals surface area (Å²) in [5.74, 6) is 0.914. The van der Waals surface area contributed by atoms with Crippen LogP contribution in [0.25, 0.3) is 0 Å². The van der Waals surface area contributed by atoms with Gasteiger partial charge in [0.1, 0.15) is 0 Å². The summed E-state index contributed by atoms with van der Waals surface area (Å²) in [7, 11) is 0. The Labute approximate surface area is 89.7 Å². The lowest BCUT2D eigenvalue weighted by Gasteiger charge is -2.31. The molecule has 15 heavy (non-hydrogen) atoms. The third-order valence-electron chi connectivity index (χ3n) is 3.22. The third-order valence-corrected chi connectivity index (χ3v) is 3.22. The van der Waals surface area contributed by atoms with Crippen molar-refractivity contribution in [2.75, 3.05) is 13.1 Å². The van der Waals surface area contributed by atoms with Crippen LogP contribution >= 0.6 is 0 Å². The SMILES string of the molecule is CCC1CCN(C(=O)c2cn[nH]c2)CC1. The summed E-state index contributed by atoms with van der Waals surface area (Å²) in [6.07, 6.45) is 6.76. The molecule has 1 saturated heterocycles. The summed E-state index contributed by atoms with van der Waals surface area (Å²) in [5, 5.41) is 6.47. The number of amides is 1. The highest BCUT2D eigenvalue weighted by Gasteiger charge is 2.22. The fourth-order valence-electron chi connectivity index (χ4n) is 2.09. The van der Waals surface area contributed by atoms with Gasteiger partial charge >= 0.3 is 0 Å². The molecule has 0 radical (unpaired) electrons. The highest BCUT2D eigenvalue weighted by molar-refractivity contribution is 5.93. The minimum absolute atomic E-state index is 0.110. The summed E-state index contributed by atoms with van der Waals surface area (Å²) in [5.41, 5.74) is 0.671. The number of carbonyl (C=O) groups excluding carboxylic acids is 1. The maximum Gasteiger partial charge on any atom is 0.257 e. The van der Waals surface area contributed by atoms with Crippen LogP contribution in [0, 0.1) is 5.92 Å². The van der Waals surface area contributed by atoms with Gasteiger partial charge in [0.15, 0.2) is 0 Å². The number of rotatable bonds is 2. The summed E-state index contributed by atoms with van der Waals surface area (Å²) in [4.78, 5) is 13.8. The first-order valence-electron chi connectivity index (χ1n) is 5.59.